The van der Waals surface area contributed by atoms with E-state index in [-0.39, 0.29) is 17.1 Å². The van der Waals surface area contributed by atoms with Crippen molar-refractivity contribution in [3.63, 3.8) is 0 Å². The number of aryl methyl sites for hydroxylation is 1. The maximum atomic E-state index is 11.8. The maximum absolute atomic E-state index is 11.8. The molecule has 20 heavy (non-hydrogen) atoms. The van der Waals surface area contributed by atoms with Crippen molar-refractivity contribution >= 4 is 23.8 Å². The molecule has 110 valence electrons. The number of nitrogens with two attached hydrogens (primary N) is 1. The topological polar surface area (TPSA) is 137 Å². The molecule has 0 aliphatic heterocycles. The predicted molar refractivity (Wildman–Crippen MR) is 67.7 cm³/mol. The fourth-order valence-corrected chi connectivity index (χ4v) is 1.33. The number of carbonyl (C=O) groups excluding carboxylic acids is 3. The molecule has 1 rings (SSSR count). The molecule has 1 aromatic rings. The Hall–Kier alpha value is -2.58. The Labute approximate surface area is 114 Å². The van der Waals surface area contributed by atoms with Gasteiger partial charge in [0.1, 0.15) is 5.56 Å². The minimum Gasteiger partial charge on any atom is -0.449 e. The molecule has 0 radical (unpaired) electrons. The summed E-state index contributed by atoms with van der Waals surface area (Å²) in [5.41, 5.74) is 5.63. The second kappa shape index (κ2) is 6.55. The van der Waals surface area contributed by atoms with E-state index >= 15 is 0 Å². The molecular formula is C11H16N4O5. The molecule has 0 aliphatic rings. The summed E-state index contributed by atoms with van der Waals surface area (Å²) in [7, 11) is 0. The van der Waals surface area contributed by atoms with E-state index in [0.717, 1.165) is 0 Å². The van der Waals surface area contributed by atoms with Crippen LogP contribution in [-0.2, 0) is 9.53 Å². The number of hydrogen-bond donors (Lipinski definition) is 3. The van der Waals surface area contributed by atoms with Gasteiger partial charge in [-0.05, 0) is 20.8 Å². The molecule has 0 saturated carbocycles. The van der Waals surface area contributed by atoms with Crippen molar-refractivity contribution in [2.75, 3.05) is 12.3 Å². The van der Waals surface area contributed by atoms with E-state index < -0.39 is 24.0 Å². The summed E-state index contributed by atoms with van der Waals surface area (Å²) in [6.45, 7) is 4.90. The van der Waals surface area contributed by atoms with E-state index in [4.69, 9.17) is 10.5 Å². The summed E-state index contributed by atoms with van der Waals surface area (Å²) in [5, 5.41) is 7.89. The Balaban J connectivity index is 2.62. The molecule has 0 fully saturated rings. The fourth-order valence-electron chi connectivity index (χ4n) is 1.33. The van der Waals surface area contributed by atoms with E-state index in [2.05, 4.69) is 15.0 Å². The Bertz CT molecular complexity index is 505. The van der Waals surface area contributed by atoms with E-state index in [1.807, 2.05) is 5.32 Å². The maximum Gasteiger partial charge on any atom is 0.346 e. The van der Waals surface area contributed by atoms with Crippen LogP contribution in [0.25, 0.3) is 0 Å². The molecule has 4 N–H and O–H groups in total. The zero-order valence-electron chi connectivity index (χ0n) is 11.4. The van der Waals surface area contributed by atoms with Gasteiger partial charge in [-0.2, -0.15) is 0 Å². The highest BCUT2D eigenvalue weighted by molar-refractivity contribution is 5.99. The highest BCUT2D eigenvalue weighted by Gasteiger charge is 2.25. The smallest absolute Gasteiger partial charge is 0.346 e. The van der Waals surface area contributed by atoms with Crippen LogP contribution in [0.5, 0.6) is 0 Å². The molecule has 0 aliphatic carbocycles. The number of anilines is 1. The first-order chi connectivity index (χ1) is 9.36. The van der Waals surface area contributed by atoms with Crippen LogP contribution >= 0.6 is 0 Å². The number of ether oxygens (including phenoxy) is 1. The summed E-state index contributed by atoms with van der Waals surface area (Å²) >= 11 is 0. The standard InChI is InChI=1S/C11H16N4O5/c1-4-13-11(18)14-9(16)6(3)19-10(17)7-5(2)15-20-8(7)12/h6H,4,12H2,1-3H3,(H2,13,14,16,18)/t6-/m0/s1. The minimum atomic E-state index is -1.17. The molecule has 0 saturated heterocycles. The number of carbonyl (C=O) groups is 3. The summed E-state index contributed by atoms with van der Waals surface area (Å²) in [6, 6.07) is -0.666. The summed E-state index contributed by atoms with van der Waals surface area (Å²) in [6.07, 6.45) is -1.17. The van der Waals surface area contributed by atoms with Gasteiger partial charge in [0.15, 0.2) is 6.10 Å². The van der Waals surface area contributed by atoms with E-state index in [9.17, 15) is 14.4 Å². The van der Waals surface area contributed by atoms with Gasteiger partial charge in [-0.3, -0.25) is 10.1 Å². The number of nitrogens with zero attached hydrogens (tertiary/aromatic N) is 1. The van der Waals surface area contributed by atoms with Gasteiger partial charge < -0.3 is 20.3 Å². The highest BCUT2D eigenvalue weighted by Crippen LogP contribution is 2.17. The number of aromatic nitrogens is 1. The highest BCUT2D eigenvalue weighted by atomic mass is 16.5. The van der Waals surface area contributed by atoms with Gasteiger partial charge in [0.2, 0.25) is 5.88 Å². The minimum absolute atomic E-state index is 0.0392. The van der Waals surface area contributed by atoms with Gasteiger partial charge in [-0.15, -0.1) is 0 Å². The molecule has 3 amide bonds. The van der Waals surface area contributed by atoms with Crippen molar-refractivity contribution in [3.05, 3.63) is 11.3 Å². The van der Waals surface area contributed by atoms with Crippen molar-refractivity contribution in [2.45, 2.75) is 26.9 Å². The van der Waals surface area contributed by atoms with Crippen LogP contribution in [0, 0.1) is 6.92 Å². The molecule has 1 aromatic heterocycles. The molecule has 0 aromatic carbocycles. The van der Waals surface area contributed by atoms with Gasteiger partial charge in [-0.25, -0.2) is 9.59 Å². The number of imide groups is 1. The first kappa shape index (κ1) is 15.5. The third-order valence-corrected chi connectivity index (χ3v) is 2.32. The quantitative estimate of drug-likeness (QED) is 0.659. The van der Waals surface area contributed by atoms with Gasteiger partial charge in [0.05, 0.1) is 5.69 Å². The Morgan fingerprint density at radius 2 is 2.10 bits per heavy atom. The first-order valence-corrected chi connectivity index (χ1v) is 5.88. The molecule has 0 unspecified atom stereocenters. The molecule has 0 spiro atoms. The predicted octanol–water partition coefficient (Wildman–Crippen LogP) is -0.0438. The number of rotatable bonds is 4. The number of nitrogens with one attached hydrogen (secondary N) is 2. The normalized spacial score (nSPS) is 11.6. The van der Waals surface area contributed by atoms with Crippen molar-refractivity contribution in [1.82, 2.24) is 15.8 Å². The third-order valence-electron chi connectivity index (χ3n) is 2.32. The lowest BCUT2D eigenvalue weighted by Gasteiger charge is -2.12. The fraction of sp³-hybridized carbons (Fsp3) is 0.455. The molecule has 0 bridgehead atoms. The second-order valence-corrected chi connectivity index (χ2v) is 3.90. The van der Waals surface area contributed by atoms with Crippen LogP contribution in [0.15, 0.2) is 4.52 Å². The lowest BCUT2D eigenvalue weighted by Crippen LogP contribution is -2.44. The molecular weight excluding hydrogens is 268 g/mol. The van der Waals surface area contributed by atoms with Gasteiger partial charge in [-0.1, -0.05) is 5.16 Å². The number of esters is 1. The zero-order valence-corrected chi connectivity index (χ0v) is 11.4. The first-order valence-electron chi connectivity index (χ1n) is 5.88. The Morgan fingerprint density at radius 1 is 1.45 bits per heavy atom. The van der Waals surface area contributed by atoms with Gasteiger partial charge in [0, 0.05) is 6.54 Å². The van der Waals surface area contributed by atoms with E-state index in [1.54, 1.807) is 6.92 Å². The molecule has 1 atom stereocenters. The van der Waals surface area contributed by atoms with Crippen LogP contribution < -0.4 is 16.4 Å². The molecule has 1 heterocycles. The van der Waals surface area contributed by atoms with Crippen molar-refractivity contribution in [1.29, 1.82) is 0 Å². The molecule has 9 heteroatoms. The number of hydrogen-bond acceptors (Lipinski definition) is 7. The van der Waals surface area contributed by atoms with Gasteiger partial charge in [0.25, 0.3) is 5.91 Å². The number of nitrogen functional groups attached to an aromatic ring is 1. The zero-order chi connectivity index (χ0) is 15.3. The average Bonchev–Trinajstić information content (AvgIpc) is 2.69. The summed E-state index contributed by atoms with van der Waals surface area (Å²) < 4.78 is 9.50. The lowest BCUT2D eigenvalue weighted by atomic mass is 10.2. The second-order valence-electron chi connectivity index (χ2n) is 3.90. The summed E-state index contributed by atoms with van der Waals surface area (Å²) in [4.78, 5) is 34.5. The average molecular weight is 284 g/mol. The van der Waals surface area contributed by atoms with Crippen molar-refractivity contribution in [2.24, 2.45) is 0 Å². The Kier molecular flexibility index (Phi) is 5.07. The van der Waals surface area contributed by atoms with Crippen LogP contribution in [-0.4, -0.2) is 35.7 Å². The molecule has 9 nitrogen and oxygen atoms in total. The van der Waals surface area contributed by atoms with Crippen LogP contribution in [0.1, 0.15) is 29.9 Å². The van der Waals surface area contributed by atoms with Crippen LogP contribution in [0.4, 0.5) is 10.7 Å². The third kappa shape index (κ3) is 3.70. The van der Waals surface area contributed by atoms with Gasteiger partial charge >= 0.3 is 12.0 Å². The summed E-state index contributed by atoms with van der Waals surface area (Å²) in [5.74, 6) is -1.79. The SMILES string of the molecule is CCNC(=O)NC(=O)[C@H](C)OC(=O)c1c(C)noc1N. The van der Waals surface area contributed by atoms with Crippen molar-refractivity contribution in [3.8, 4) is 0 Å². The largest absolute Gasteiger partial charge is 0.449 e. The lowest BCUT2D eigenvalue weighted by molar-refractivity contribution is -0.127. The van der Waals surface area contributed by atoms with Crippen LogP contribution in [0.2, 0.25) is 0 Å². The van der Waals surface area contributed by atoms with E-state index in [1.165, 1.54) is 13.8 Å². The van der Waals surface area contributed by atoms with Crippen molar-refractivity contribution < 1.29 is 23.6 Å². The Morgan fingerprint density at radius 3 is 2.60 bits per heavy atom. The number of amides is 3. The monoisotopic (exact) mass is 284 g/mol. The van der Waals surface area contributed by atoms with Crippen LogP contribution in [0.3, 0.4) is 0 Å². The van der Waals surface area contributed by atoms with E-state index in [0.29, 0.717) is 6.54 Å². The number of urea groups is 1.